The fourth-order valence-corrected chi connectivity index (χ4v) is 4.33. The molecule has 0 amide bonds. The summed E-state index contributed by atoms with van der Waals surface area (Å²) in [5.74, 6) is 0.490. The molecule has 0 aromatic heterocycles. The molecule has 0 N–H and O–H groups in total. The summed E-state index contributed by atoms with van der Waals surface area (Å²) in [6.07, 6.45) is 0. The Morgan fingerprint density at radius 1 is 0.931 bits per heavy atom. The summed E-state index contributed by atoms with van der Waals surface area (Å²) >= 11 is 6.10. The fourth-order valence-electron chi connectivity index (χ4n) is 4.20. The maximum Gasteiger partial charge on any atom is 0.0664 e. The minimum atomic E-state index is 0.245. The summed E-state index contributed by atoms with van der Waals surface area (Å²) in [5.41, 5.74) is 6.69. The minimum Gasteiger partial charge on any atom is -0.378 e. The zero-order valence-electron chi connectivity index (χ0n) is 17.1. The zero-order chi connectivity index (χ0) is 20.2. The van der Waals surface area contributed by atoms with Crippen LogP contribution in [0, 0.1) is 0 Å². The number of morpholine rings is 1. The van der Waals surface area contributed by atoms with Gasteiger partial charge in [0.15, 0.2) is 0 Å². The van der Waals surface area contributed by atoms with Gasteiger partial charge in [-0.3, -0.25) is 4.90 Å². The largest absolute Gasteiger partial charge is 0.378 e. The van der Waals surface area contributed by atoms with E-state index < -0.39 is 0 Å². The number of hydrogen-bond donors (Lipinski definition) is 0. The molecule has 0 saturated carbocycles. The van der Waals surface area contributed by atoms with Gasteiger partial charge in [-0.05, 0) is 45.9 Å². The Balaban J connectivity index is 1.67. The molecule has 0 unspecified atom stereocenters. The smallest absolute Gasteiger partial charge is 0.0664 e. The summed E-state index contributed by atoms with van der Waals surface area (Å²) in [6.45, 7) is 7.84. The van der Waals surface area contributed by atoms with Crippen LogP contribution in [0.2, 0.25) is 5.02 Å². The van der Waals surface area contributed by atoms with Gasteiger partial charge in [-0.15, -0.1) is 0 Å². The van der Waals surface area contributed by atoms with Crippen LogP contribution in [0.3, 0.4) is 0 Å². The van der Waals surface area contributed by atoms with Crippen LogP contribution < -0.4 is 0 Å². The van der Waals surface area contributed by atoms with E-state index in [-0.39, 0.29) is 6.04 Å². The lowest BCUT2D eigenvalue weighted by atomic mass is 9.90. The first kappa shape index (κ1) is 20.2. The molecule has 0 aliphatic carbocycles. The molecule has 1 heterocycles. The van der Waals surface area contributed by atoms with Crippen molar-refractivity contribution in [2.75, 3.05) is 19.8 Å². The van der Waals surface area contributed by atoms with E-state index in [4.69, 9.17) is 16.3 Å². The number of hydrogen-bond acceptors (Lipinski definition) is 2. The van der Waals surface area contributed by atoms with Crippen LogP contribution in [0.1, 0.15) is 42.5 Å². The highest BCUT2D eigenvalue weighted by Crippen LogP contribution is 2.34. The lowest BCUT2D eigenvalue weighted by Gasteiger charge is -2.36. The Bertz CT molecular complexity index is 951. The fraction of sp³-hybridized carbons (Fsp3) is 0.308. The Morgan fingerprint density at radius 2 is 1.62 bits per heavy atom. The first-order valence-electron chi connectivity index (χ1n) is 10.4. The number of benzene rings is 3. The van der Waals surface area contributed by atoms with Crippen molar-refractivity contribution in [1.82, 2.24) is 4.90 Å². The van der Waals surface area contributed by atoms with E-state index in [0.29, 0.717) is 12.5 Å². The molecule has 3 heteroatoms. The summed E-state index contributed by atoms with van der Waals surface area (Å²) < 4.78 is 5.83. The second-order valence-corrected chi connectivity index (χ2v) is 8.45. The molecule has 0 bridgehead atoms. The van der Waals surface area contributed by atoms with E-state index in [9.17, 15) is 0 Å². The molecular weight excluding hydrogens is 378 g/mol. The average molecular weight is 406 g/mol. The van der Waals surface area contributed by atoms with Gasteiger partial charge < -0.3 is 4.74 Å². The highest BCUT2D eigenvalue weighted by Gasteiger charge is 2.25. The van der Waals surface area contributed by atoms with E-state index in [2.05, 4.69) is 79.4 Å². The van der Waals surface area contributed by atoms with Gasteiger partial charge in [0.25, 0.3) is 0 Å². The Morgan fingerprint density at radius 3 is 2.38 bits per heavy atom. The molecule has 2 nitrogen and oxygen atoms in total. The number of halogens is 1. The van der Waals surface area contributed by atoms with Crippen molar-refractivity contribution in [2.24, 2.45) is 0 Å². The summed E-state index contributed by atoms with van der Waals surface area (Å²) in [5, 5.41) is 0.771. The topological polar surface area (TPSA) is 12.5 Å². The first-order valence-corrected chi connectivity index (χ1v) is 10.8. The van der Waals surface area contributed by atoms with E-state index in [1.54, 1.807) is 0 Å². The molecule has 1 atom stereocenters. The van der Waals surface area contributed by atoms with E-state index >= 15 is 0 Å². The standard InChI is InChI=1S/C26H28ClNO/c1-19(2)23-8-5-6-10-25(23)24-9-4-3-7-21(24)17-28-15-16-29-18-26(28)20-11-13-22(27)14-12-20/h3-14,19,26H,15-18H2,1-2H3/t26-/m1/s1. The molecule has 4 rings (SSSR count). The maximum atomic E-state index is 6.10. The van der Waals surface area contributed by atoms with Gasteiger partial charge in [-0.2, -0.15) is 0 Å². The highest BCUT2D eigenvalue weighted by molar-refractivity contribution is 6.30. The predicted molar refractivity (Wildman–Crippen MR) is 121 cm³/mol. The van der Waals surface area contributed by atoms with Gasteiger partial charge in [0.05, 0.1) is 19.3 Å². The third kappa shape index (κ3) is 4.56. The van der Waals surface area contributed by atoms with Gasteiger partial charge in [-0.1, -0.05) is 86.1 Å². The average Bonchev–Trinajstić information content (AvgIpc) is 2.75. The van der Waals surface area contributed by atoms with Crippen molar-refractivity contribution in [1.29, 1.82) is 0 Å². The van der Waals surface area contributed by atoms with Crippen molar-refractivity contribution < 1.29 is 4.74 Å². The lowest BCUT2D eigenvalue weighted by Crippen LogP contribution is -2.39. The molecule has 1 saturated heterocycles. The van der Waals surface area contributed by atoms with Gasteiger partial charge in [0.1, 0.15) is 0 Å². The predicted octanol–water partition coefficient (Wildman–Crippen LogP) is 6.70. The SMILES string of the molecule is CC(C)c1ccccc1-c1ccccc1CN1CCOC[C@@H]1c1ccc(Cl)cc1. The lowest BCUT2D eigenvalue weighted by molar-refractivity contribution is -0.0126. The normalized spacial score (nSPS) is 17.6. The molecule has 0 radical (unpaired) electrons. The molecule has 3 aromatic rings. The number of nitrogens with zero attached hydrogens (tertiary/aromatic N) is 1. The summed E-state index contributed by atoms with van der Waals surface area (Å²) in [7, 11) is 0. The van der Waals surface area contributed by atoms with Crippen molar-refractivity contribution in [3.63, 3.8) is 0 Å². The maximum absolute atomic E-state index is 6.10. The Kier molecular flexibility index (Phi) is 6.34. The van der Waals surface area contributed by atoms with Crippen LogP contribution in [0.4, 0.5) is 0 Å². The van der Waals surface area contributed by atoms with Crippen LogP contribution in [-0.2, 0) is 11.3 Å². The zero-order valence-corrected chi connectivity index (χ0v) is 17.9. The van der Waals surface area contributed by atoms with Gasteiger partial charge in [0, 0.05) is 18.1 Å². The number of rotatable bonds is 5. The Hall–Kier alpha value is -2.13. The molecular formula is C26H28ClNO. The quantitative estimate of drug-likeness (QED) is 0.468. The van der Waals surface area contributed by atoms with Crippen molar-refractivity contribution in [2.45, 2.75) is 32.4 Å². The van der Waals surface area contributed by atoms with Crippen LogP contribution in [0.15, 0.2) is 72.8 Å². The molecule has 150 valence electrons. The third-order valence-corrected chi connectivity index (χ3v) is 6.01. The van der Waals surface area contributed by atoms with E-state index in [1.807, 2.05) is 12.1 Å². The van der Waals surface area contributed by atoms with Crippen LogP contribution in [-0.4, -0.2) is 24.7 Å². The van der Waals surface area contributed by atoms with Gasteiger partial charge in [-0.25, -0.2) is 0 Å². The summed E-state index contributed by atoms with van der Waals surface area (Å²) in [6, 6.07) is 26.0. The monoisotopic (exact) mass is 405 g/mol. The van der Waals surface area contributed by atoms with Gasteiger partial charge in [0.2, 0.25) is 0 Å². The highest BCUT2D eigenvalue weighted by atomic mass is 35.5. The van der Waals surface area contributed by atoms with E-state index in [1.165, 1.54) is 27.8 Å². The second-order valence-electron chi connectivity index (χ2n) is 8.01. The minimum absolute atomic E-state index is 0.245. The molecule has 29 heavy (non-hydrogen) atoms. The van der Waals surface area contributed by atoms with Crippen molar-refractivity contribution in [3.8, 4) is 11.1 Å². The van der Waals surface area contributed by atoms with Crippen LogP contribution in [0.25, 0.3) is 11.1 Å². The van der Waals surface area contributed by atoms with Crippen LogP contribution in [0.5, 0.6) is 0 Å². The molecule has 0 spiro atoms. The molecule has 1 aliphatic heterocycles. The van der Waals surface area contributed by atoms with Crippen LogP contribution >= 0.6 is 11.6 Å². The summed E-state index contributed by atoms with van der Waals surface area (Å²) in [4.78, 5) is 2.53. The second kappa shape index (κ2) is 9.13. The molecule has 3 aromatic carbocycles. The molecule has 1 fully saturated rings. The Labute approximate surface area is 179 Å². The van der Waals surface area contributed by atoms with Crippen molar-refractivity contribution in [3.05, 3.63) is 94.5 Å². The van der Waals surface area contributed by atoms with Crippen molar-refractivity contribution >= 4 is 11.6 Å². The van der Waals surface area contributed by atoms with Gasteiger partial charge >= 0.3 is 0 Å². The van der Waals surface area contributed by atoms with E-state index in [0.717, 1.165) is 24.7 Å². The first-order chi connectivity index (χ1) is 14.1. The third-order valence-electron chi connectivity index (χ3n) is 5.76. The number of ether oxygens (including phenoxy) is 1. The molecule has 1 aliphatic rings.